The van der Waals surface area contributed by atoms with Gasteiger partial charge in [-0.2, -0.15) is 5.10 Å². The number of thioether (sulfide) groups is 1. The molecular formula is C17H17N5O2S2. The number of nitrogens with zero attached hydrogens (tertiary/aromatic N) is 4. The number of ketones is 1. The Kier molecular flexibility index (Phi) is 5.48. The quantitative estimate of drug-likeness (QED) is 0.303. The monoisotopic (exact) mass is 387 g/mol. The van der Waals surface area contributed by atoms with Gasteiger partial charge in [0.25, 0.3) is 11.7 Å². The van der Waals surface area contributed by atoms with E-state index in [9.17, 15) is 9.59 Å². The predicted molar refractivity (Wildman–Crippen MR) is 102 cm³/mol. The molecule has 1 N–H and O–H groups in total. The molecule has 1 aromatic carbocycles. The summed E-state index contributed by atoms with van der Waals surface area (Å²) < 4.78 is 2.31. The van der Waals surface area contributed by atoms with E-state index < -0.39 is 11.7 Å². The number of hydrogen-bond acceptors (Lipinski definition) is 7. The third-order valence-electron chi connectivity index (χ3n) is 3.77. The minimum Gasteiger partial charge on any atom is -0.293 e. The Bertz CT molecular complexity index is 949. The number of aryl methyl sites for hydroxylation is 2. The highest BCUT2D eigenvalue weighted by Crippen LogP contribution is 2.28. The molecule has 0 atom stereocenters. The topological polar surface area (TPSA) is 89.8 Å². The second-order valence-electron chi connectivity index (χ2n) is 5.60. The molecule has 2 aromatic heterocycles. The first kappa shape index (κ1) is 18.3. The van der Waals surface area contributed by atoms with Crippen LogP contribution in [0.5, 0.6) is 0 Å². The molecule has 0 aliphatic rings. The molecule has 0 aliphatic carbocycles. The average Bonchev–Trinajstić information content (AvgIpc) is 3.17. The van der Waals surface area contributed by atoms with Crippen molar-refractivity contribution in [1.82, 2.24) is 20.0 Å². The number of aromatic nitrogens is 4. The maximum atomic E-state index is 12.4. The van der Waals surface area contributed by atoms with Gasteiger partial charge in [0.05, 0.1) is 11.3 Å². The molecule has 0 spiro atoms. The summed E-state index contributed by atoms with van der Waals surface area (Å²) in [6.07, 6.45) is 0. The van der Waals surface area contributed by atoms with Gasteiger partial charge in [-0.3, -0.25) is 19.6 Å². The molecule has 26 heavy (non-hydrogen) atoms. The summed E-state index contributed by atoms with van der Waals surface area (Å²) >= 11 is 2.77. The molecule has 0 bridgehead atoms. The molecule has 3 rings (SSSR count). The van der Waals surface area contributed by atoms with Crippen molar-refractivity contribution in [2.45, 2.75) is 23.9 Å². The number of carbonyl (C=O) groups is 2. The number of carbonyl (C=O) groups excluding carboxylic acids is 2. The van der Waals surface area contributed by atoms with E-state index >= 15 is 0 Å². The summed E-state index contributed by atoms with van der Waals surface area (Å²) in [7, 11) is 1.73. The predicted octanol–water partition coefficient (Wildman–Crippen LogP) is 3.00. The van der Waals surface area contributed by atoms with E-state index in [-0.39, 0.29) is 0 Å². The van der Waals surface area contributed by atoms with Gasteiger partial charge >= 0.3 is 0 Å². The number of anilines is 1. The highest BCUT2D eigenvalue weighted by molar-refractivity contribution is 8.00. The summed E-state index contributed by atoms with van der Waals surface area (Å²) in [5, 5.41) is 15.0. The maximum absolute atomic E-state index is 12.4. The van der Waals surface area contributed by atoms with E-state index in [1.165, 1.54) is 28.7 Å². The normalized spacial score (nSPS) is 10.7. The van der Waals surface area contributed by atoms with E-state index in [1.807, 2.05) is 30.3 Å². The van der Waals surface area contributed by atoms with Gasteiger partial charge in [0.2, 0.25) is 5.13 Å². The van der Waals surface area contributed by atoms with E-state index in [0.29, 0.717) is 22.1 Å². The molecule has 7 nitrogen and oxygen atoms in total. The van der Waals surface area contributed by atoms with E-state index in [0.717, 1.165) is 10.1 Å². The first-order chi connectivity index (χ1) is 12.5. The molecule has 3 aromatic rings. The number of Topliss-reactive ketones (excluding diaryl/α,β-unsaturated/α-hetero) is 1. The third kappa shape index (κ3) is 4.00. The van der Waals surface area contributed by atoms with Crippen LogP contribution in [-0.2, 0) is 17.6 Å². The van der Waals surface area contributed by atoms with Crippen molar-refractivity contribution in [2.24, 2.45) is 7.05 Å². The third-order valence-corrected chi connectivity index (χ3v) is 5.82. The molecule has 0 aliphatic heterocycles. The van der Waals surface area contributed by atoms with Gasteiger partial charge in [0.1, 0.15) is 0 Å². The lowest BCUT2D eigenvalue weighted by Gasteiger charge is -2.01. The highest BCUT2D eigenvalue weighted by atomic mass is 32.2. The van der Waals surface area contributed by atoms with Crippen molar-refractivity contribution in [3.63, 3.8) is 0 Å². The van der Waals surface area contributed by atoms with E-state index in [4.69, 9.17) is 0 Å². The van der Waals surface area contributed by atoms with Crippen LogP contribution in [0.2, 0.25) is 0 Å². The Morgan fingerprint density at radius 3 is 2.58 bits per heavy atom. The lowest BCUT2D eigenvalue weighted by Crippen LogP contribution is -2.24. The Morgan fingerprint density at radius 1 is 1.19 bits per heavy atom. The van der Waals surface area contributed by atoms with Gasteiger partial charge in [-0.1, -0.05) is 53.4 Å². The zero-order valence-corrected chi connectivity index (χ0v) is 16.1. The summed E-state index contributed by atoms with van der Waals surface area (Å²) in [5.41, 5.74) is 2.68. The van der Waals surface area contributed by atoms with Crippen molar-refractivity contribution in [3.8, 4) is 0 Å². The van der Waals surface area contributed by atoms with Crippen LogP contribution in [0, 0.1) is 13.8 Å². The SMILES string of the molecule is Cc1nn(C)c(C)c1C(=O)C(=O)Nc1nnc(SCc2ccccc2)s1. The van der Waals surface area contributed by atoms with Gasteiger partial charge in [0.15, 0.2) is 4.34 Å². The fourth-order valence-corrected chi connectivity index (χ4v) is 4.11. The summed E-state index contributed by atoms with van der Waals surface area (Å²) in [5.74, 6) is -0.599. The molecule has 0 saturated carbocycles. The highest BCUT2D eigenvalue weighted by Gasteiger charge is 2.24. The Labute approximate surface area is 158 Å². The van der Waals surface area contributed by atoms with Crippen LogP contribution in [0.3, 0.4) is 0 Å². The number of hydrogen-bond donors (Lipinski definition) is 1. The Balaban J connectivity index is 1.63. The fourth-order valence-electron chi connectivity index (χ4n) is 2.41. The zero-order valence-electron chi connectivity index (χ0n) is 14.5. The standard InChI is InChI=1S/C17H17N5O2S2/c1-10-13(11(2)22(3)21-10)14(23)15(24)18-16-19-20-17(26-16)25-9-12-7-5-4-6-8-12/h4-8H,9H2,1-3H3,(H,18,19,24). The Hall–Kier alpha value is -2.52. The number of benzene rings is 1. The molecule has 0 saturated heterocycles. The molecule has 0 fully saturated rings. The number of amides is 1. The lowest BCUT2D eigenvalue weighted by molar-refractivity contribution is -0.112. The van der Waals surface area contributed by atoms with Gasteiger partial charge in [-0.05, 0) is 19.4 Å². The van der Waals surface area contributed by atoms with Crippen molar-refractivity contribution in [1.29, 1.82) is 0 Å². The van der Waals surface area contributed by atoms with Crippen LogP contribution in [0.1, 0.15) is 27.3 Å². The molecule has 0 radical (unpaired) electrons. The summed E-state index contributed by atoms with van der Waals surface area (Å²) in [6.45, 7) is 3.46. The molecular weight excluding hydrogens is 370 g/mol. The minimum atomic E-state index is -0.736. The van der Waals surface area contributed by atoms with Gasteiger partial charge in [-0.25, -0.2) is 0 Å². The molecule has 1 amide bonds. The Morgan fingerprint density at radius 2 is 1.92 bits per heavy atom. The van der Waals surface area contributed by atoms with Crippen LogP contribution < -0.4 is 5.32 Å². The number of rotatable bonds is 6. The molecule has 2 heterocycles. The second kappa shape index (κ2) is 7.79. The smallest absolute Gasteiger partial charge is 0.293 e. The zero-order chi connectivity index (χ0) is 18.7. The van der Waals surface area contributed by atoms with Gasteiger partial charge < -0.3 is 0 Å². The van der Waals surface area contributed by atoms with Gasteiger partial charge in [0, 0.05) is 18.5 Å². The molecule has 134 valence electrons. The fraction of sp³-hybridized carbons (Fsp3) is 0.235. The van der Waals surface area contributed by atoms with E-state index in [1.54, 1.807) is 25.6 Å². The second-order valence-corrected chi connectivity index (χ2v) is 7.80. The molecule has 9 heteroatoms. The van der Waals surface area contributed by atoms with Crippen molar-refractivity contribution >= 4 is 39.9 Å². The van der Waals surface area contributed by atoms with Crippen LogP contribution in [-0.4, -0.2) is 31.7 Å². The van der Waals surface area contributed by atoms with Crippen molar-refractivity contribution in [2.75, 3.05) is 5.32 Å². The first-order valence-corrected chi connectivity index (χ1v) is 9.62. The van der Waals surface area contributed by atoms with Gasteiger partial charge in [-0.15, -0.1) is 10.2 Å². The van der Waals surface area contributed by atoms with Crippen LogP contribution in [0.4, 0.5) is 5.13 Å². The van der Waals surface area contributed by atoms with Crippen LogP contribution in [0.25, 0.3) is 0 Å². The first-order valence-electron chi connectivity index (χ1n) is 7.82. The van der Waals surface area contributed by atoms with Crippen LogP contribution >= 0.6 is 23.1 Å². The van der Waals surface area contributed by atoms with Crippen molar-refractivity contribution < 1.29 is 9.59 Å². The maximum Gasteiger partial charge on any atom is 0.298 e. The lowest BCUT2D eigenvalue weighted by atomic mass is 10.1. The van der Waals surface area contributed by atoms with E-state index in [2.05, 4.69) is 20.6 Å². The summed E-state index contributed by atoms with van der Waals surface area (Å²) in [6, 6.07) is 10.0. The largest absolute Gasteiger partial charge is 0.298 e. The molecule has 0 unspecified atom stereocenters. The van der Waals surface area contributed by atoms with Crippen molar-refractivity contribution in [3.05, 3.63) is 52.8 Å². The summed E-state index contributed by atoms with van der Waals surface area (Å²) in [4.78, 5) is 24.7. The van der Waals surface area contributed by atoms with Crippen LogP contribution in [0.15, 0.2) is 34.7 Å². The average molecular weight is 387 g/mol. The number of nitrogens with one attached hydrogen (secondary N) is 1. The minimum absolute atomic E-state index is 0.304.